The topological polar surface area (TPSA) is 85.9 Å². The van der Waals surface area contributed by atoms with Gasteiger partial charge in [-0.1, -0.05) is 0 Å². The maximum Gasteiger partial charge on any atom is 0.314 e. The van der Waals surface area contributed by atoms with Crippen LogP contribution in [-0.4, -0.2) is 46.7 Å². The highest BCUT2D eigenvalue weighted by Gasteiger charge is 2.26. The second kappa shape index (κ2) is 6.85. The number of anilines is 1. The number of nitrogens with one attached hydrogen (secondary N) is 3. The zero-order valence-corrected chi connectivity index (χ0v) is 13.7. The van der Waals surface area contributed by atoms with Crippen molar-refractivity contribution < 1.29 is 4.79 Å². The van der Waals surface area contributed by atoms with Crippen molar-refractivity contribution in [2.24, 2.45) is 0 Å². The summed E-state index contributed by atoms with van der Waals surface area (Å²) < 4.78 is 0. The number of hydrogen-bond donors (Lipinski definition) is 3. The molecule has 23 heavy (non-hydrogen) atoms. The molecule has 2 aromatic heterocycles. The Morgan fingerprint density at radius 1 is 1.35 bits per heavy atom. The number of fused-ring (bicyclic) bond motifs is 1. The van der Waals surface area contributed by atoms with Crippen LogP contribution >= 0.6 is 0 Å². The van der Waals surface area contributed by atoms with Gasteiger partial charge in [-0.2, -0.15) is 0 Å². The molecule has 3 rings (SSSR count). The maximum absolute atomic E-state index is 11.6. The van der Waals surface area contributed by atoms with Crippen molar-refractivity contribution >= 4 is 22.9 Å². The van der Waals surface area contributed by atoms with E-state index in [2.05, 4.69) is 37.5 Å². The molecule has 124 valence electrons. The van der Waals surface area contributed by atoms with Gasteiger partial charge in [-0.05, 0) is 38.7 Å². The summed E-state index contributed by atoms with van der Waals surface area (Å²) in [5, 5.41) is 6.89. The third-order valence-corrected chi connectivity index (χ3v) is 4.58. The fourth-order valence-electron chi connectivity index (χ4n) is 3.32. The SMILES string of the molecule is CCNC(=O)N[C@H]1CC[C@H](N(C)c2ncnc3[nH]ccc23)CC1. The lowest BCUT2D eigenvalue weighted by molar-refractivity contribution is 0.231. The van der Waals surface area contributed by atoms with Crippen LogP contribution in [0.25, 0.3) is 11.0 Å². The van der Waals surface area contributed by atoms with E-state index in [4.69, 9.17) is 0 Å². The number of carbonyl (C=O) groups is 1. The lowest BCUT2D eigenvalue weighted by Crippen LogP contribution is -2.46. The third-order valence-electron chi connectivity index (χ3n) is 4.58. The van der Waals surface area contributed by atoms with E-state index in [1.54, 1.807) is 6.33 Å². The molecular weight excluding hydrogens is 292 g/mol. The first-order chi connectivity index (χ1) is 11.2. The van der Waals surface area contributed by atoms with Crippen LogP contribution in [-0.2, 0) is 0 Å². The Labute approximate surface area is 135 Å². The summed E-state index contributed by atoms with van der Waals surface area (Å²) in [6.45, 7) is 2.58. The number of aromatic amines is 1. The molecule has 0 bridgehead atoms. The van der Waals surface area contributed by atoms with Gasteiger partial charge in [-0.3, -0.25) is 0 Å². The number of rotatable bonds is 4. The van der Waals surface area contributed by atoms with Crippen LogP contribution in [0.15, 0.2) is 18.6 Å². The Kier molecular flexibility index (Phi) is 4.64. The van der Waals surface area contributed by atoms with E-state index < -0.39 is 0 Å². The average molecular weight is 316 g/mol. The fraction of sp³-hybridized carbons (Fsp3) is 0.562. The first kappa shape index (κ1) is 15.6. The van der Waals surface area contributed by atoms with Gasteiger partial charge in [0.1, 0.15) is 17.8 Å². The fourth-order valence-corrected chi connectivity index (χ4v) is 3.32. The molecule has 2 heterocycles. The van der Waals surface area contributed by atoms with Gasteiger partial charge in [0.15, 0.2) is 0 Å². The minimum Gasteiger partial charge on any atom is -0.356 e. The third kappa shape index (κ3) is 3.38. The van der Waals surface area contributed by atoms with E-state index >= 15 is 0 Å². The smallest absolute Gasteiger partial charge is 0.314 e. The number of amides is 2. The molecule has 1 aliphatic carbocycles. The minimum absolute atomic E-state index is 0.0610. The van der Waals surface area contributed by atoms with Gasteiger partial charge in [0.05, 0.1) is 5.39 Å². The van der Waals surface area contributed by atoms with Crippen molar-refractivity contribution in [3.8, 4) is 0 Å². The Hall–Kier alpha value is -2.31. The molecule has 0 aromatic carbocycles. The van der Waals surface area contributed by atoms with Crippen molar-refractivity contribution in [2.45, 2.75) is 44.7 Å². The summed E-state index contributed by atoms with van der Waals surface area (Å²) in [6, 6.07) is 2.66. The molecule has 0 saturated heterocycles. The summed E-state index contributed by atoms with van der Waals surface area (Å²) in [4.78, 5) is 25.7. The van der Waals surface area contributed by atoms with E-state index in [0.717, 1.165) is 42.5 Å². The number of nitrogens with zero attached hydrogens (tertiary/aromatic N) is 3. The molecule has 0 spiro atoms. The lowest BCUT2D eigenvalue weighted by Gasteiger charge is -2.35. The summed E-state index contributed by atoms with van der Waals surface area (Å²) in [6.07, 6.45) is 7.57. The predicted molar refractivity (Wildman–Crippen MR) is 90.5 cm³/mol. The highest BCUT2D eigenvalue weighted by molar-refractivity contribution is 5.87. The van der Waals surface area contributed by atoms with Crippen molar-refractivity contribution in [1.29, 1.82) is 0 Å². The number of H-pyrrole nitrogens is 1. The monoisotopic (exact) mass is 316 g/mol. The van der Waals surface area contributed by atoms with E-state index in [9.17, 15) is 4.79 Å². The first-order valence-corrected chi connectivity index (χ1v) is 8.24. The normalized spacial score (nSPS) is 21.1. The van der Waals surface area contributed by atoms with Crippen LogP contribution in [0, 0.1) is 0 Å². The molecule has 3 N–H and O–H groups in total. The van der Waals surface area contributed by atoms with Crippen LogP contribution in [0.2, 0.25) is 0 Å². The molecule has 1 aliphatic rings. The highest BCUT2D eigenvalue weighted by Crippen LogP contribution is 2.28. The molecule has 7 heteroatoms. The van der Waals surface area contributed by atoms with Crippen molar-refractivity contribution in [3.05, 3.63) is 18.6 Å². The molecule has 0 aliphatic heterocycles. The largest absolute Gasteiger partial charge is 0.356 e. The Morgan fingerprint density at radius 2 is 2.13 bits per heavy atom. The summed E-state index contributed by atoms with van der Waals surface area (Å²) in [7, 11) is 2.09. The van der Waals surface area contributed by atoms with Gasteiger partial charge in [-0.25, -0.2) is 14.8 Å². The van der Waals surface area contributed by atoms with Crippen LogP contribution in [0.3, 0.4) is 0 Å². The van der Waals surface area contributed by atoms with Gasteiger partial charge >= 0.3 is 6.03 Å². The standard InChI is InChI=1S/C16H24N6O/c1-3-17-16(23)21-11-4-6-12(7-5-11)22(2)15-13-8-9-18-14(13)19-10-20-15/h8-12H,3-7H2,1-2H3,(H2,17,21,23)(H,18,19,20)/t11-,12-. The zero-order valence-electron chi connectivity index (χ0n) is 13.7. The zero-order chi connectivity index (χ0) is 16.2. The Morgan fingerprint density at radius 3 is 2.87 bits per heavy atom. The molecule has 1 saturated carbocycles. The minimum atomic E-state index is -0.0610. The second-order valence-electron chi connectivity index (χ2n) is 6.06. The van der Waals surface area contributed by atoms with Crippen LogP contribution in [0.5, 0.6) is 0 Å². The maximum atomic E-state index is 11.6. The number of hydrogen-bond acceptors (Lipinski definition) is 4. The highest BCUT2D eigenvalue weighted by atomic mass is 16.2. The Bertz CT molecular complexity index is 661. The van der Waals surface area contributed by atoms with Crippen LogP contribution in [0.1, 0.15) is 32.6 Å². The second-order valence-corrected chi connectivity index (χ2v) is 6.06. The van der Waals surface area contributed by atoms with E-state index in [-0.39, 0.29) is 12.1 Å². The summed E-state index contributed by atoms with van der Waals surface area (Å²) in [5.41, 5.74) is 0.869. The summed E-state index contributed by atoms with van der Waals surface area (Å²) >= 11 is 0. The molecule has 1 fully saturated rings. The molecule has 2 amide bonds. The molecule has 0 unspecified atom stereocenters. The van der Waals surface area contributed by atoms with E-state index in [1.807, 2.05) is 19.2 Å². The average Bonchev–Trinajstić information content (AvgIpc) is 3.03. The van der Waals surface area contributed by atoms with Gasteiger partial charge in [-0.15, -0.1) is 0 Å². The van der Waals surface area contributed by atoms with Crippen LogP contribution < -0.4 is 15.5 Å². The number of urea groups is 1. The molecule has 0 radical (unpaired) electrons. The molecular formula is C16H24N6O. The summed E-state index contributed by atoms with van der Waals surface area (Å²) in [5.74, 6) is 0.969. The van der Waals surface area contributed by atoms with E-state index in [0.29, 0.717) is 12.6 Å². The van der Waals surface area contributed by atoms with Gasteiger partial charge < -0.3 is 20.5 Å². The molecule has 7 nitrogen and oxygen atoms in total. The van der Waals surface area contributed by atoms with Crippen molar-refractivity contribution in [3.63, 3.8) is 0 Å². The predicted octanol–water partition coefficient (Wildman–Crippen LogP) is 2.02. The van der Waals surface area contributed by atoms with Gasteiger partial charge in [0.2, 0.25) is 0 Å². The number of carbonyl (C=O) groups excluding carboxylic acids is 1. The number of aromatic nitrogens is 3. The molecule has 2 aromatic rings. The first-order valence-electron chi connectivity index (χ1n) is 8.24. The quantitative estimate of drug-likeness (QED) is 0.805. The van der Waals surface area contributed by atoms with Crippen molar-refractivity contribution in [1.82, 2.24) is 25.6 Å². The van der Waals surface area contributed by atoms with Crippen molar-refractivity contribution in [2.75, 3.05) is 18.5 Å². The van der Waals surface area contributed by atoms with Crippen LogP contribution in [0.4, 0.5) is 10.6 Å². The van der Waals surface area contributed by atoms with E-state index in [1.165, 1.54) is 0 Å². The molecule has 0 atom stereocenters. The van der Waals surface area contributed by atoms with Gasteiger partial charge in [0.25, 0.3) is 0 Å². The Balaban J connectivity index is 1.61. The van der Waals surface area contributed by atoms with Gasteiger partial charge in [0, 0.05) is 31.9 Å². The lowest BCUT2D eigenvalue weighted by atomic mass is 9.90.